The number of hydrogen-bond donors (Lipinski definition) is 3. The van der Waals surface area contributed by atoms with Gasteiger partial charge < -0.3 is 16.2 Å². The number of benzene rings is 2. The molecule has 0 fully saturated rings. The van der Waals surface area contributed by atoms with Crippen molar-refractivity contribution in [3.8, 4) is 0 Å². The smallest absolute Gasteiger partial charge is 0.220 e. The van der Waals surface area contributed by atoms with Crippen molar-refractivity contribution in [1.82, 2.24) is 5.32 Å². The highest BCUT2D eigenvalue weighted by molar-refractivity contribution is 5.75. The lowest BCUT2D eigenvalue weighted by atomic mass is 9.99. The van der Waals surface area contributed by atoms with Crippen molar-refractivity contribution in [3.63, 3.8) is 0 Å². The van der Waals surface area contributed by atoms with Gasteiger partial charge in [-0.05, 0) is 24.0 Å². The van der Waals surface area contributed by atoms with E-state index in [1.165, 1.54) is 0 Å². The van der Waals surface area contributed by atoms with Crippen LogP contribution in [0.5, 0.6) is 0 Å². The van der Waals surface area contributed by atoms with Crippen LogP contribution < -0.4 is 11.1 Å². The first-order chi connectivity index (χ1) is 11.1. The molecule has 0 aliphatic carbocycles. The Kier molecular flexibility index (Phi) is 6.78. The molecule has 2 aromatic rings. The summed E-state index contributed by atoms with van der Waals surface area (Å²) in [5, 5.41) is 13.0. The van der Waals surface area contributed by atoms with Gasteiger partial charge in [0.1, 0.15) is 0 Å². The van der Waals surface area contributed by atoms with Crippen molar-refractivity contribution in [2.45, 2.75) is 38.0 Å². The lowest BCUT2D eigenvalue weighted by Crippen LogP contribution is -2.37. The Hall–Kier alpha value is -2.17. The number of carbonyl (C=O) groups is 1. The maximum Gasteiger partial charge on any atom is 0.220 e. The Bertz CT molecular complexity index is 587. The molecule has 4 nitrogen and oxygen atoms in total. The van der Waals surface area contributed by atoms with Crippen LogP contribution in [0.4, 0.5) is 0 Å². The Morgan fingerprint density at radius 1 is 1.00 bits per heavy atom. The zero-order valence-electron chi connectivity index (χ0n) is 13.2. The summed E-state index contributed by atoms with van der Waals surface area (Å²) in [7, 11) is 0. The van der Waals surface area contributed by atoms with Crippen molar-refractivity contribution >= 4 is 5.91 Å². The van der Waals surface area contributed by atoms with Gasteiger partial charge in [0, 0.05) is 19.0 Å². The lowest BCUT2D eigenvalue weighted by Gasteiger charge is -2.18. The van der Waals surface area contributed by atoms with E-state index in [0.29, 0.717) is 19.4 Å². The zero-order chi connectivity index (χ0) is 16.5. The highest BCUT2D eigenvalue weighted by Crippen LogP contribution is 2.08. The topological polar surface area (TPSA) is 75.3 Å². The monoisotopic (exact) mass is 312 g/mol. The first kappa shape index (κ1) is 17.2. The summed E-state index contributed by atoms with van der Waals surface area (Å²) in [6.45, 7) is 0.506. The molecule has 0 saturated carbocycles. The van der Waals surface area contributed by atoms with Crippen LogP contribution in [0.25, 0.3) is 0 Å². The minimum absolute atomic E-state index is 0.0696. The molecule has 0 spiro atoms. The molecule has 0 heterocycles. The molecule has 0 aliphatic rings. The SMILES string of the molecule is N[C@@H](Cc1ccccc1)[C@@H](O)CCC(=O)NCc1ccccc1. The number of hydrogen-bond acceptors (Lipinski definition) is 3. The predicted octanol–water partition coefficient (Wildman–Crippen LogP) is 2.01. The van der Waals surface area contributed by atoms with Crippen molar-refractivity contribution in [3.05, 3.63) is 71.8 Å². The van der Waals surface area contributed by atoms with E-state index >= 15 is 0 Å². The second kappa shape index (κ2) is 9.08. The Morgan fingerprint density at radius 3 is 2.17 bits per heavy atom. The third kappa shape index (κ3) is 6.22. The molecule has 4 heteroatoms. The fourth-order valence-electron chi connectivity index (χ4n) is 2.40. The number of rotatable bonds is 8. The Balaban J connectivity index is 1.68. The molecule has 2 aromatic carbocycles. The van der Waals surface area contributed by atoms with Crippen molar-refractivity contribution in [2.75, 3.05) is 0 Å². The van der Waals surface area contributed by atoms with Gasteiger partial charge in [0.05, 0.1) is 6.10 Å². The van der Waals surface area contributed by atoms with Gasteiger partial charge in [0.15, 0.2) is 0 Å². The van der Waals surface area contributed by atoms with E-state index in [-0.39, 0.29) is 18.4 Å². The molecule has 2 atom stereocenters. The van der Waals surface area contributed by atoms with Gasteiger partial charge in [-0.3, -0.25) is 4.79 Å². The molecule has 0 bridgehead atoms. The first-order valence-electron chi connectivity index (χ1n) is 7.93. The van der Waals surface area contributed by atoms with Gasteiger partial charge in [-0.15, -0.1) is 0 Å². The van der Waals surface area contributed by atoms with Crippen LogP contribution in [0.2, 0.25) is 0 Å². The summed E-state index contributed by atoms with van der Waals surface area (Å²) in [6.07, 6.45) is 0.566. The Morgan fingerprint density at radius 2 is 1.57 bits per heavy atom. The second-order valence-corrected chi connectivity index (χ2v) is 5.72. The number of nitrogens with two attached hydrogens (primary N) is 1. The van der Waals surface area contributed by atoms with Crippen molar-refractivity contribution < 1.29 is 9.90 Å². The summed E-state index contributed by atoms with van der Waals surface area (Å²) in [5.74, 6) is -0.0696. The van der Waals surface area contributed by atoms with Crippen LogP contribution in [0, 0.1) is 0 Å². The van der Waals surface area contributed by atoms with Crippen LogP contribution in [0.15, 0.2) is 60.7 Å². The van der Waals surface area contributed by atoms with Gasteiger partial charge in [-0.25, -0.2) is 0 Å². The number of aliphatic hydroxyl groups is 1. The standard InChI is InChI=1S/C19H24N2O2/c20-17(13-15-7-3-1-4-8-15)18(22)11-12-19(23)21-14-16-9-5-2-6-10-16/h1-10,17-18,22H,11-14,20H2,(H,21,23)/t17-,18-/m0/s1. The van der Waals surface area contributed by atoms with Crippen LogP contribution in [-0.4, -0.2) is 23.2 Å². The highest BCUT2D eigenvalue weighted by atomic mass is 16.3. The van der Waals surface area contributed by atoms with Gasteiger partial charge >= 0.3 is 0 Å². The molecule has 2 rings (SSSR count). The molecule has 1 amide bonds. The predicted molar refractivity (Wildman–Crippen MR) is 91.7 cm³/mol. The van der Waals surface area contributed by atoms with Gasteiger partial charge in [-0.2, -0.15) is 0 Å². The van der Waals surface area contributed by atoms with Crippen molar-refractivity contribution in [2.24, 2.45) is 5.73 Å². The summed E-state index contributed by atoms with van der Waals surface area (Å²) in [5.41, 5.74) is 8.17. The summed E-state index contributed by atoms with van der Waals surface area (Å²) in [6, 6.07) is 19.2. The molecule has 0 aromatic heterocycles. The maximum absolute atomic E-state index is 11.8. The molecule has 0 aliphatic heterocycles. The fraction of sp³-hybridized carbons (Fsp3) is 0.316. The number of nitrogens with one attached hydrogen (secondary N) is 1. The average molecular weight is 312 g/mol. The van der Waals surface area contributed by atoms with Crippen LogP contribution in [-0.2, 0) is 17.8 Å². The second-order valence-electron chi connectivity index (χ2n) is 5.72. The summed E-state index contributed by atoms with van der Waals surface area (Å²) in [4.78, 5) is 11.8. The molecule has 23 heavy (non-hydrogen) atoms. The van der Waals surface area contributed by atoms with Crippen LogP contribution >= 0.6 is 0 Å². The van der Waals surface area contributed by atoms with E-state index in [1.807, 2.05) is 60.7 Å². The third-order valence-electron chi connectivity index (χ3n) is 3.81. The van der Waals surface area contributed by atoms with Crippen LogP contribution in [0.1, 0.15) is 24.0 Å². The third-order valence-corrected chi connectivity index (χ3v) is 3.81. The average Bonchev–Trinajstić information content (AvgIpc) is 2.59. The van der Waals surface area contributed by atoms with Gasteiger partial charge in [0.25, 0.3) is 0 Å². The normalized spacial score (nSPS) is 13.3. The number of carbonyl (C=O) groups excluding carboxylic acids is 1. The largest absolute Gasteiger partial charge is 0.391 e. The maximum atomic E-state index is 11.8. The quantitative estimate of drug-likeness (QED) is 0.698. The molecule has 4 N–H and O–H groups in total. The molecule has 122 valence electrons. The molecule has 0 unspecified atom stereocenters. The van der Waals surface area contributed by atoms with Crippen LogP contribution in [0.3, 0.4) is 0 Å². The van der Waals surface area contributed by atoms with Gasteiger partial charge in [-0.1, -0.05) is 60.7 Å². The molecule has 0 saturated heterocycles. The Labute approximate surface area is 137 Å². The highest BCUT2D eigenvalue weighted by Gasteiger charge is 2.16. The molecule has 0 radical (unpaired) electrons. The summed E-state index contributed by atoms with van der Waals surface area (Å²) < 4.78 is 0. The summed E-state index contributed by atoms with van der Waals surface area (Å²) >= 11 is 0. The number of amides is 1. The molecular formula is C19H24N2O2. The molecular weight excluding hydrogens is 288 g/mol. The minimum Gasteiger partial charge on any atom is -0.391 e. The number of aliphatic hydroxyl groups excluding tert-OH is 1. The van der Waals surface area contributed by atoms with E-state index < -0.39 is 6.10 Å². The zero-order valence-corrected chi connectivity index (χ0v) is 13.2. The lowest BCUT2D eigenvalue weighted by molar-refractivity contribution is -0.121. The van der Waals surface area contributed by atoms with Crippen molar-refractivity contribution in [1.29, 1.82) is 0 Å². The van der Waals surface area contributed by atoms with Gasteiger partial charge in [0.2, 0.25) is 5.91 Å². The first-order valence-corrected chi connectivity index (χ1v) is 7.93. The van der Waals surface area contributed by atoms with E-state index in [9.17, 15) is 9.90 Å². The fourth-order valence-corrected chi connectivity index (χ4v) is 2.40. The van der Waals surface area contributed by atoms with E-state index in [0.717, 1.165) is 11.1 Å². The van der Waals surface area contributed by atoms with E-state index in [2.05, 4.69) is 5.32 Å². The minimum atomic E-state index is -0.683. The van der Waals surface area contributed by atoms with E-state index in [4.69, 9.17) is 5.73 Å². The van der Waals surface area contributed by atoms with E-state index in [1.54, 1.807) is 0 Å².